The van der Waals surface area contributed by atoms with Gasteiger partial charge in [0.25, 0.3) is 0 Å². The third kappa shape index (κ3) is 3.73. The number of ether oxygens (including phenoxy) is 1. The van der Waals surface area contributed by atoms with Gasteiger partial charge in [0.1, 0.15) is 5.60 Å². The normalized spacial score (nSPS) is 11.3. The molecular weight excluding hydrogens is 342 g/mol. The van der Waals surface area contributed by atoms with Gasteiger partial charge in [-0.1, -0.05) is 97.1 Å². The summed E-state index contributed by atoms with van der Waals surface area (Å²) >= 11 is 0. The van der Waals surface area contributed by atoms with Crippen LogP contribution in [0.2, 0.25) is 0 Å². The summed E-state index contributed by atoms with van der Waals surface area (Å²) in [5, 5.41) is 0. The monoisotopic (exact) mass is 365 g/mol. The Hall–Kier alpha value is -3.23. The highest BCUT2D eigenvalue weighted by Crippen LogP contribution is 2.40. The molecule has 0 radical (unpaired) electrons. The van der Waals surface area contributed by atoms with Gasteiger partial charge in [0.05, 0.1) is 6.61 Å². The Bertz CT molecular complexity index is 873. The van der Waals surface area contributed by atoms with E-state index in [1.807, 2.05) is 42.6 Å². The number of pyridine rings is 1. The summed E-state index contributed by atoms with van der Waals surface area (Å²) in [5.41, 5.74) is 3.72. The van der Waals surface area contributed by atoms with Crippen LogP contribution in [0, 0.1) is 0 Å². The fourth-order valence-electron chi connectivity index (χ4n) is 3.62. The Labute approximate surface area is 166 Å². The van der Waals surface area contributed by atoms with Crippen LogP contribution >= 0.6 is 0 Å². The predicted molar refractivity (Wildman–Crippen MR) is 113 cm³/mol. The first-order valence-electron chi connectivity index (χ1n) is 9.60. The molecule has 0 N–H and O–H groups in total. The minimum atomic E-state index is -0.668. The lowest BCUT2D eigenvalue weighted by molar-refractivity contribution is 0.0144. The highest BCUT2D eigenvalue weighted by molar-refractivity contribution is 5.47. The zero-order valence-electron chi connectivity index (χ0n) is 15.7. The summed E-state index contributed by atoms with van der Waals surface area (Å²) in [6.45, 7) is 0.565. The molecule has 0 atom stereocenters. The standard InChI is InChI=1S/C26H23NO/c1-4-12-22(13-5-1)26(23-14-6-2-7-15-23,24-16-8-3-9-17-24)28-21-19-25-18-10-11-20-27-25/h1-18,20H,19,21H2. The number of hydrogen-bond acceptors (Lipinski definition) is 2. The minimum Gasteiger partial charge on any atom is -0.360 e. The maximum absolute atomic E-state index is 6.75. The highest BCUT2D eigenvalue weighted by Gasteiger charge is 2.37. The summed E-state index contributed by atoms with van der Waals surface area (Å²) in [4.78, 5) is 4.44. The van der Waals surface area contributed by atoms with Crippen molar-refractivity contribution in [3.8, 4) is 0 Å². The second kappa shape index (κ2) is 8.64. The first kappa shape index (κ1) is 18.1. The number of rotatable bonds is 7. The fraction of sp³-hybridized carbons (Fsp3) is 0.115. The molecule has 0 fully saturated rings. The molecule has 0 saturated heterocycles. The average molecular weight is 365 g/mol. The molecule has 0 aliphatic rings. The van der Waals surface area contributed by atoms with E-state index in [0.717, 1.165) is 28.8 Å². The SMILES string of the molecule is c1ccc(C(OCCc2ccccn2)(c2ccccc2)c2ccccc2)cc1. The van der Waals surface area contributed by atoms with Crippen LogP contribution in [-0.2, 0) is 16.8 Å². The van der Waals surface area contributed by atoms with Gasteiger partial charge in [0.15, 0.2) is 0 Å². The van der Waals surface area contributed by atoms with Gasteiger partial charge in [-0.15, -0.1) is 0 Å². The topological polar surface area (TPSA) is 22.1 Å². The molecule has 0 bridgehead atoms. The lowest BCUT2D eigenvalue weighted by Crippen LogP contribution is -2.33. The molecule has 0 spiro atoms. The first-order chi connectivity index (χ1) is 13.9. The molecule has 0 saturated carbocycles. The van der Waals surface area contributed by atoms with Crippen LogP contribution in [0.4, 0.5) is 0 Å². The molecule has 3 aromatic carbocycles. The summed E-state index contributed by atoms with van der Waals surface area (Å²) in [5.74, 6) is 0. The van der Waals surface area contributed by atoms with Crippen molar-refractivity contribution in [2.45, 2.75) is 12.0 Å². The molecular formula is C26H23NO. The maximum Gasteiger partial charge on any atom is 0.143 e. The molecule has 1 aromatic heterocycles. The molecule has 4 rings (SSSR count). The molecule has 0 aliphatic carbocycles. The lowest BCUT2D eigenvalue weighted by Gasteiger charge is -2.36. The molecule has 4 aromatic rings. The molecule has 1 heterocycles. The van der Waals surface area contributed by atoms with E-state index in [4.69, 9.17) is 4.74 Å². The quantitative estimate of drug-likeness (QED) is 0.396. The fourth-order valence-corrected chi connectivity index (χ4v) is 3.62. The van der Waals surface area contributed by atoms with E-state index in [1.165, 1.54) is 0 Å². The largest absolute Gasteiger partial charge is 0.360 e. The summed E-state index contributed by atoms with van der Waals surface area (Å²) in [6.07, 6.45) is 2.59. The second-order valence-corrected chi connectivity index (χ2v) is 6.70. The van der Waals surface area contributed by atoms with Crippen LogP contribution in [0.3, 0.4) is 0 Å². The number of benzene rings is 3. The maximum atomic E-state index is 6.75. The van der Waals surface area contributed by atoms with Crippen LogP contribution in [-0.4, -0.2) is 11.6 Å². The summed E-state index contributed by atoms with van der Waals surface area (Å²) in [7, 11) is 0. The van der Waals surface area contributed by atoms with Crippen LogP contribution in [0.5, 0.6) is 0 Å². The molecule has 2 heteroatoms. The van der Waals surface area contributed by atoms with Crippen LogP contribution in [0.25, 0.3) is 0 Å². The first-order valence-corrected chi connectivity index (χ1v) is 9.60. The van der Waals surface area contributed by atoms with Crippen molar-refractivity contribution in [2.24, 2.45) is 0 Å². The van der Waals surface area contributed by atoms with Gasteiger partial charge in [0, 0.05) is 18.3 Å². The number of nitrogens with zero attached hydrogens (tertiary/aromatic N) is 1. The molecule has 0 unspecified atom stereocenters. The van der Waals surface area contributed by atoms with E-state index < -0.39 is 5.60 Å². The van der Waals surface area contributed by atoms with Crippen molar-refractivity contribution >= 4 is 0 Å². The van der Waals surface area contributed by atoms with E-state index in [0.29, 0.717) is 6.61 Å². The van der Waals surface area contributed by atoms with Crippen molar-refractivity contribution < 1.29 is 4.74 Å². The molecule has 0 amide bonds. The van der Waals surface area contributed by atoms with Crippen molar-refractivity contribution in [2.75, 3.05) is 6.61 Å². The van der Waals surface area contributed by atoms with E-state index >= 15 is 0 Å². The van der Waals surface area contributed by atoms with Crippen LogP contribution < -0.4 is 0 Å². The van der Waals surface area contributed by atoms with Crippen molar-refractivity contribution in [3.05, 3.63) is 138 Å². The molecule has 28 heavy (non-hydrogen) atoms. The predicted octanol–water partition coefficient (Wildman–Crippen LogP) is 5.63. The zero-order chi connectivity index (χ0) is 19.1. The van der Waals surface area contributed by atoms with Gasteiger partial charge in [-0.05, 0) is 28.8 Å². The Kier molecular flexibility index (Phi) is 5.60. The van der Waals surface area contributed by atoms with Gasteiger partial charge in [-0.2, -0.15) is 0 Å². The van der Waals surface area contributed by atoms with Gasteiger partial charge >= 0.3 is 0 Å². The Morgan fingerprint density at radius 2 is 1.04 bits per heavy atom. The van der Waals surface area contributed by atoms with Gasteiger partial charge in [0.2, 0.25) is 0 Å². The van der Waals surface area contributed by atoms with Crippen LogP contribution in [0.15, 0.2) is 115 Å². The lowest BCUT2D eigenvalue weighted by atomic mass is 9.80. The average Bonchev–Trinajstić information content (AvgIpc) is 2.79. The Morgan fingerprint density at radius 3 is 1.46 bits per heavy atom. The van der Waals surface area contributed by atoms with E-state index in [9.17, 15) is 0 Å². The van der Waals surface area contributed by atoms with E-state index in [1.54, 1.807) is 0 Å². The Morgan fingerprint density at radius 1 is 0.571 bits per heavy atom. The zero-order valence-corrected chi connectivity index (χ0v) is 15.7. The van der Waals surface area contributed by atoms with Crippen molar-refractivity contribution in [3.63, 3.8) is 0 Å². The van der Waals surface area contributed by atoms with Crippen molar-refractivity contribution in [1.82, 2.24) is 4.98 Å². The van der Waals surface area contributed by atoms with Crippen molar-refractivity contribution in [1.29, 1.82) is 0 Å². The third-order valence-corrected chi connectivity index (χ3v) is 4.94. The van der Waals surface area contributed by atoms with Crippen LogP contribution in [0.1, 0.15) is 22.4 Å². The Balaban J connectivity index is 1.79. The summed E-state index contributed by atoms with van der Waals surface area (Å²) in [6, 6.07) is 37.4. The highest BCUT2D eigenvalue weighted by atomic mass is 16.5. The number of aromatic nitrogens is 1. The summed E-state index contributed by atoms with van der Waals surface area (Å²) < 4.78 is 6.75. The third-order valence-electron chi connectivity index (χ3n) is 4.94. The molecule has 2 nitrogen and oxygen atoms in total. The molecule has 0 aliphatic heterocycles. The molecule has 138 valence electrons. The smallest absolute Gasteiger partial charge is 0.143 e. The van der Waals surface area contributed by atoms with Gasteiger partial charge in [-0.3, -0.25) is 4.98 Å². The van der Waals surface area contributed by atoms with E-state index in [-0.39, 0.29) is 0 Å². The van der Waals surface area contributed by atoms with Gasteiger partial charge in [-0.25, -0.2) is 0 Å². The van der Waals surface area contributed by atoms with Gasteiger partial charge < -0.3 is 4.74 Å². The number of hydrogen-bond donors (Lipinski definition) is 0. The van der Waals surface area contributed by atoms with E-state index in [2.05, 4.69) is 77.8 Å². The minimum absolute atomic E-state index is 0.565. The second-order valence-electron chi connectivity index (χ2n) is 6.70.